The van der Waals surface area contributed by atoms with Gasteiger partial charge in [0.05, 0.1) is 13.5 Å². The zero-order chi connectivity index (χ0) is 18.8. The summed E-state index contributed by atoms with van der Waals surface area (Å²) in [5.74, 6) is -0.0338. The summed E-state index contributed by atoms with van der Waals surface area (Å²) in [6, 6.07) is 16.6. The van der Waals surface area contributed by atoms with Crippen LogP contribution in [-0.4, -0.2) is 24.0 Å². The first-order valence-electron chi connectivity index (χ1n) is 7.83. The fourth-order valence-electron chi connectivity index (χ4n) is 2.11. The minimum Gasteiger partial charge on any atom is -0.496 e. The summed E-state index contributed by atoms with van der Waals surface area (Å²) in [5, 5.41) is 2.45. The van der Waals surface area contributed by atoms with E-state index in [9.17, 15) is 9.59 Å². The maximum absolute atomic E-state index is 11.9. The van der Waals surface area contributed by atoms with Crippen LogP contribution in [0.2, 0.25) is 0 Å². The van der Waals surface area contributed by atoms with Gasteiger partial charge in [0.25, 0.3) is 0 Å². The molecule has 134 valence electrons. The lowest BCUT2D eigenvalue weighted by atomic mass is 10.1. The molecule has 0 saturated carbocycles. The normalized spacial score (nSPS) is 10.2. The molecule has 0 spiro atoms. The molecule has 0 heterocycles. The van der Waals surface area contributed by atoms with Crippen molar-refractivity contribution >= 4 is 35.2 Å². The van der Waals surface area contributed by atoms with Crippen molar-refractivity contribution in [2.45, 2.75) is 6.42 Å². The zero-order valence-electron chi connectivity index (χ0n) is 14.2. The maximum atomic E-state index is 11.9. The van der Waals surface area contributed by atoms with Crippen molar-refractivity contribution < 1.29 is 14.3 Å². The van der Waals surface area contributed by atoms with E-state index in [1.807, 2.05) is 48.5 Å². The van der Waals surface area contributed by atoms with Crippen LogP contribution in [0.1, 0.15) is 11.1 Å². The Hall–Kier alpha value is -3.19. The van der Waals surface area contributed by atoms with E-state index in [1.165, 1.54) is 6.08 Å². The number of hydrazine groups is 1. The van der Waals surface area contributed by atoms with E-state index in [0.717, 1.165) is 11.1 Å². The number of hydrogen-bond acceptors (Lipinski definition) is 4. The number of benzene rings is 2. The van der Waals surface area contributed by atoms with E-state index in [4.69, 9.17) is 17.0 Å². The molecule has 0 bridgehead atoms. The molecular formula is C19H19N3O3S. The van der Waals surface area contributed by atoms with Crippen molar-refractivity contribution in [3.05, 3.63) is 71.8 Å². The fraction of sp³-hybridized carbons (Fsp3) is 0.105. The number of rotatable bonds is 5. The lowest BCUT2D eigenvalue weighted by molar-refractivity contribution is -0.121. The van der Waals surface area contributed by atoms with Crippen LogP contribution < -0.4 is 20.9 Å². The van der Waals surface area contributed by atoms with Crippen LogP contribution in [0.15, 0.2) is 60.7 Å². The van der Waals surface area contributed by atoms with E-state index in [-0.39, 0.29) is 17.4 Å². The van der Waals surface area contributed by atoms with Gasteiger partial charge in [-0.1, -0.05) is 48.5 Å². The average Bonchev–Trinajstić information content (AvgIpc) is 2.66. The van der Waals surface area contributed by atoms with Crippen LogP contribution in [0, 0.1) is 0 Å². The monoisotopic (exact) mass is 369 g/mol. The molecule has 6 nitrogen and oxygen atoms in total. The predicted molar refractivity (Wildman–Crippen MR) is 104 cm³/mol. The van der Waals surface area contributed by atoms with Gasteiger partial charge in [0, 0.05) is 11.6 Å². The Kier molecular flexibility index (Phi) is 7.32. The summed E-state index contributed by atoms with van der Waals surface area (Å²) in [6.07, 6.45) is 3.15. The highest BCUT2D eigenvalue weighted by Crippen LogP contribution is 2.18. The number of thiocarbonyl (C=S) groups is 1. The highest BCUT2D eigenvalue weighted by atomic mass is 32.1. The third-order valence-corrected chi connectivity index (χ3v) is 3.52. The van der Waals surface area contributed by atoms with Crippen molar-refractivity contribution in [3.8, 4) is 5.75 Å². The average molecular weight is 369 g/mol. The Morgan fingerprint density at radius 3 is 2.46 bits per heavy atom. The van der Waals surface area contributed by atoms with Gasteiger partial charge in [0.15, 0.2) is 5.11 Å². The number of hydrogen-bond donors (Lipinski definition) is 3. The fourth-order valence-corrected chi connectivity index (χ4v) is 2.26. The Balaban J connectivity index is 1.77. The van der Waals surface area contributed by atoms with Crippen molar-refractivity contribution in [2.75, 3.05) is 7.11 Å². The standard InChI is InChI=1S/C19H19N3O3S/c1-25-16-10-6-5-9-15(16)11-12-17(23)20-19(26)22-21-18(24)13-14-7-3-2-4-8-14/h2-12H,13H2,1H3,(H,21,24)(H2,20,22,23,26)/b12-11+. The Morgan fingerprint density at radius 2 is 1.73 bits per heavy atom. The summed E-state index contributed by atoms with van der Waals surface area (Å²) < 4.78 is 5.20. The highest BCUT2D eigenvalue weighted by molar-refractivity contribution is 7.80. The van der Waals surface area contributed by atoms with Crippen LogP contribution in [0.4, 0.5) is 0 Å². The Morgan fingerprint density at radius 1 is 1.04 bits per heavy atom. The molecule has 0 aliphatic rings. The molecule has 2 rings (SSSR count). The van der Waals surface area contributed by atoms with Crippen molar-refractivity contribution in [1.82, 2.24) is 16.2 Å². The molecular weight excluding hydrogens is 350 g/mol. The summed E-state index contributed by atoms with van der Waals surface area (Å²) in [4.78, 5) is 23.7. The second kappa shape index (κ2) is 9.95. The summed E-state index contributed by atoms with van der Waals surface area (Å²) in [5.41, 5.74) is 6.58. The smallest absolute Gasteiger partial charge is 0.250 e. The van der Waals surface area contributed by atoms with Crippen LogP contribution in [-0.2, 0) is 16.0 Å². The minimum absolute atomic E-state index is 0.00101. The number of methoxy groups -OCH3 is 1. The second-order valence-electron chi connectivity index (χ2n) is 5.23. The van der Waals surface area contributed by atoms with Gasteiger partial charge in [-0.15, -0.1) is 0 Å². The van der Waals surface area contributed by atoms with Gasteiger partial charge >= 0.3 is 0 Å². The number of amides is 2. The number of para-hydroxylation sites is 1. The number of carbonyl (C=O) groups excluding carboxylic acids is 2. The summed E-state index contributed by atoms with van der Waals surface area (Å²) in [7, 11) is 1.56. The van der Waals surface area contributed by atoms with Gasteiger partial charge in [-0.25, -0.2) is 0 Å². The molecule has 26 heavy (non-hydrogen) atoms. The molecule has 7 heteroatoms. The molecule has 3 N–H and O–H groups in total. The molecule has 0 unspecified atom stereocenters. The van der Waals surface area contributed by atoms with Crippen molar-refractivity contribution in [1.29, 1.82) is 0 Å². The molecule has 2 amide bonds. The van der Waals surface area contributed by atoms with Crippen molar-refractivity contribution in [2.24, 2.45) is 0 Å². The van der Waals surface area contributed by atoms with Crippen molar-refractivity contribution in [3.63, 3.8) is 0 Å². The van der Waals surface area contributed by atoms with Crippen LogP contribution in [0.25, 0.3) is 6.08 Å². The maximum Gasteiger partial charge on any atom is 0.250 e. The van der Waals surface area contributed by atoms with Gasteiger partial charge in [0.1, 0.15) is 5.75 Å². The molecule has 0 radical (unpaired) electrons. The number of carbonyl (C=O) groups is 2. The van der Waals surface area contributed by atoms with Gasteiger partial charge in [-0.05, 0) is 29.9 Å². The minimum atomic E-state index is -0.425. The van der Waals surface area contributed by atoms with E-state index in [2.05, 4.69) is 16.2 Å². The van der Waals surface area contributed by atoms with Gasteiger partial charge in [0.2, 0.25) is 11.8 Å². The Labute approximate surface area is 157 Å². The molecule has 0 aliphatic heterocycles. The zero-order valence-corrected chi connectivity index (χ0v) is 15.0. The molecule has 0 fully saturated rings. The Bertz CT molecular complexity index is 807. The van der Waals surface area contributed by atoms with Crippen LogP contribution in [0.3, 0.4) is 0 Å². The highest BCUT2D eigenvalue weighted by Gasteiger charge is 2.05. The lowest BCUT2D eigenvalue weighted by Gasteiger charge is -2.09. The predicted octanol–water partition coefficient (Wildman–Crippen LogP) is 1.97. The first-order valence-corrected chi connectivity index (χ1v) is 8.24. The van der Waals surface area contributed by atoms with Gasteiger partial charge in [-0.2, -0.15) is 0 Å². The summed E-state index contributed by atoms with van der Waals surface area (Å²) >= 11 is 4.98. The quantitative estimate of drug-likeness (QED) is 0.427. The number of ether oxygens (including phenoxy) is 1. The molecule has 0 atom stereocenters. The largest absolute Gasteiger partial charge is 0.496 e. The topological polar surface area (TPSA) is 79.5 Å². The SMILES string of the molecule is COc1ccccc1/C=C/C(=O)NC(=S)NNC(=O)Cc1ccccc1. The summed E-state index contributed by atoms with van der Waals surface area (Å²) in [6.45, 7) is 0. The molecule has 2 aromatic rings. The second-order valence-corrected chi connectivity index (χ2v) is 5.64. The van der Waals surface area contributed by atoms with E-state index in [1.54, 1.807) is 19.3 Å². The first kappa shape index (κ1) is 19.1. The van der Waals surface area contributed by atoms with Gasteiger partial charge in [-0.3, -0.25) is 25.8 Å². The molecule has 0 saturated heterocycles. The molecule has 2 aromatic carbocycles. The lowest BCUT2D eigenvalue weighted by Crippen LogP contribution is -2.48. The molecule has 0 aliphatic carbocycles. The molecule has 0 aromatic heterocycles. The van der Waals surface area contributed by atoms with Crippen LogP contribution >= 0.6 is 12.2 Å². The number of nitrogens with one attached hydrogen (secondary N) is 3. The third kappa shape index (κ3) is 6.37. The van der Waals surface area contributed by atoms with E-state index in [0.29, 0.717) is 5.75 Å². The first-order chi connectivity index (χ1) is 12.6. The van der Waals surface area contributed by atoms with Gasteiger partial charge < -0.3 is 4.74 Å². The van der Waals surface area contributed by atoms with E-state index < -0.39 is 5.91 Å². The van der Waals surface area contributed by atoms with Crippen LogP contribution in [0.5, 0.6) is 5.75 Å². The van der Waals surface area contributed by atoms with E-state index >= 15 is 0 Å². The third-order valence-electron chi connectivity index (χ3n) is 3.31.